The summed E-state index contributed by atoms with van der Waals surface area (Å²) in [6.07, 6.45) is 2.79. The molecule has 4 aromatic rings. The molecule has 3 N–H and O–H groups in total. The van der Waals surface area contributed by atoms with Crippen molar-refractivity contribution >= 4 is 23.4 Å². The molecule has 1 unspecified atom stereocenters. The van der Waals surface area contributed by atoms with Gasteiger partial charge in [0.15, 0.2) is 0 Å². The lowest BCUT2D eigenvalue weighted by molar-refractivity contribution is 0.00954. The Balaban J connectivity index is 1.48. The molecule has 1 aliphatic heterocycles. The fourth-order valence-electron chi connectivity index (χ4n) is 3.85. The van der Waals surface area contributed by atoms with Crippen LogP contribution in [0.3, 0.4) is 0 Å². The molecule has 0 saturated carbocycles. The van der Waals surface area contributed by atoms with Crippen molar-refractivity contribution in [1.29, 1.82) is 0 Å². The van der Waals surface area contributed by atoms with E-state index >= 15 is 0 Å². The number of anilines is 3. The van der Waals surface area contributed by atoms with Crippen LogP contribution < -0.4 is 10.6 Å². The molecule has 2 aromatic carbocycles. The largest absolute Gasteiger partial charge is 0.451 e. The minimum absolute atomic E-state index is 0.159. The summed E-state index contributed by atoms with van der Waals surface area (Å²) < 4.78 is 10.8. The Bertz CT molecular complexity index is 1320. The predicted octanol–water partition coefficient (Wildman–Crippen LogP) is 3.82. The number of nitrogens with one attached hydrogen (secondary N) is 2. The van der Waals surface area contributed by atoms with Gasteiger partial charge in [-0.2, -0.15) is 4.98 Å². The maximum atomic E-state index is 12.1. The number of benzene rings is 2. The van der Waals surface area contributed by atoms with Gasteiger partial charge in [-0.15, -0.1) is 10.2 Å². The van der Waals surface area contributed by atoms with Gasteiger partial charge < -0.3 is 24.9 Å². The van der Waals surface area contributed by atoms with Crippen LogP contribution in [0.2, 0.25) is 0 Å². The molecular weight excluding hydrogens is 436 g/mol. The molecule has 0 spiro atoms. The predicted molar refractivity (Wildman–Crippen MR) is 123 cm³/mol. The van der Waals surface area contributed by atoms with E-state index in [-0.39, 0.29) is 18.5 Å². The zero-order chi connectivity index (χ0) is 23.7. The van der Waals surface area contributed by atoms with E-state index in [0.29, 0.717) is 28.6 Å². The molecule has 172 valence electrons. The lowest BCUT2D eigenvalue weighted by Crippen LogP contribution is -2.17. The van der Waals surface area contributed by atoms with E-state index in [1.807, 2.05) is 50.2 Å². The minimum Gasteiger partial charge on any atom is -0.451 e. The molecule has 3 heterocycles. The van der Waals surface area contributed by atoms with E-state index in [4.69, 9.17) is 9.15 Å². The average molecular weight is 458 g/mol. The lowest BCUT2D eigenvalue weighted by Gasteiger charge is -2.20. The first-order valence-corrected chi connectivity index (χ1v) is 10.7. The SMILES string of the molecule is CC1(C)OC(=O)c2ccc(Nc3ncc(-c4nnco4)c(NC(CO)c4ccccc4)n3)cc21. The number of fused-ring (bicyclic) bond motifs is 1. The topological polar surface area (TPSA) is 135 Å². The van der Waals surface area contributed by atoms with Crippen molar-refractivity contribution in [3.05, 3.63) is 77.8 Å². The van der Waals surface area contributed by atoms with Gasteiger partial charge in [-0.3, -0.25) is 0 Å². The zero-order valence-electron chi connectivity index (χ0n) is 18.5. The number of rotatable bonds is 7. The van der Waals surface area contributed by atoms with Crippen LogP contribution in [0, 0.1) is 0 Å². The number of ether oxygens (including phenoxy) is 1. The van der Waals surface area contributed by atoms with Crippen molar-refractivity contribution in [2.75, 3.05) is 17.2 Å². The van der Waals surface area contributed by atoms with Crippen LogP contribution in [0.5, 0.6) is 0 Å². The number of aliphatic hydroxyl groups is 1. The van der Waals surface area contributed by atoms with E-state index in [1.165, 1.54) is 6.39 Å². The molecule has 0 amide bonds. The highest BCUT2D eigenvalue weighted by atomic mass is 16.6. The highest BCUT2D eigenvalue weighted by molar-refractivity contribution is 5.95. The van der Waals surface area contributed by atoms with Crippen molar-refractivity contribution in [2.24, 2.45) is 0 Å². The number of hydrogen-bond donors (Lipinski definition) is 3. The van der Waals surface area contributed by atoms with Gasteiger partial charge in [-0.05, 0) is 37.6 Å². The summed E-state index contributed by atoms with van der Waals surface area (Å²) in [7, 11) is 0. The minimum atomic E-state index is -0.719. The monoisotopic (exact) mass is 458 g/mol. The van der Waals surface area contributed by atoms with Crippen LogP contribution in [-0.2, 0) is 10.3 Å². The first kappa shape index (κ1) is 21.5. The summed E-state index contributed by atoms with van der Waals surface area (Å²) in [6.45, 7) is 3.53. The Kier molecular flexibility index (Phi) is 5.42. The van der Waals surface area contributed by atoms with Gasteiger partial charge >= 0.3 is 5.97 Å². The van der Waals surface area contributed by atoms with Crippen molar-refractivity contribution < 1.29 is 19.1 Å². The van der Waals surface area contributed by atoms with E-state index in [2.05, 4.69) is 30.8 Å². The van der Waals surface area contributed by atoms with E-state index in [0.717, 1.165) is 11.1 Å². The molecule has 34 heavy (non-hydrogen) atoms. The number of aliphatic hydroxyl groups excluding tert-OH is 1. The van der Waals surface area contributed by atoms with Gasteiger partial charge in [-0.1, -0.05) is 30.3 Å². The number of nitrogens with zero attached hydrogens (tertiary/aromatic N) is 4. The van der Waals surface area contributed by atoms with E-state index < -0.39 is 11.6 Å². The Morgan fingerprint density at radius 3 is 2.68 bits per heavy atom. The highest BCUT2D eigenvalue weighted by Gasteiger charge is 2.37. The summed E-state index contributed by atoms with van der Waals surface area (Å²) >= 11 is 0. The van der Waals surface area contributed by atoms with Gasteiger partial charge in [0, 0.05) is 17.4 Å². The fourth-order valence-corrected chi connectivity index (χ4v) is 3.85. The molecule has 0 fully saturated rings. The molecule has 5 rings (SSSR count). The molecule has 10 heteroatoms. The Hall–Kier alpha value is -4.31. The molecule has 0 aliphatic carbocycles. The number of hydrogen-bond acceptors (Lipinski definition) is 10. The van der Waals surface area contributed by atoms with Crippen LogP contribution in [0.25, 0.3) is 11.5 Å². The van der Waals surface area contributed by atoms with E-state index in [9.17, 15) is 9.90 Å². The van der Waals surface area contributed by atoms with Crippen molar-refractivity contribution in [3.8, 4) is 11.5 Å². The van der Waals surface area contributed by atoms with Crippen molar-refractivity contribution in [3.63, 3.8) is 0 Å². The maximum Gasteiger partial charge on any atom is 0.339 e. The van der Waals surface area contributed by atoms with Crippen LogP contribution in [0.15, 0.2) is 65.5 Å². The number of cyclic esters (lactones) is 1. The normalized spacial score (nSPS) is 14.9. The van der Waals surface area contributed by atoms with Gasteiger partial charge in [-0.25, -0.2) is 9.78 Å². The Labute approximate surface area is 195 Å². The highest BCUT2D eigenvalue weighted by Crippen LogP contribution is 2.37. The standard InChI is InChI=1S/C24H22N6O4/c1-24(2)18-10-15(8-9-16(18)22(32)34-24)27-23-25-11-17(21-30-26-13-33-21)20(29-23)28-19(12-31)14-6-4-3-5-7-14/h3-11,13,19,31H,12H2,1-2H3,(H2,25,27,28,29). The quantitative estimate of drug-likeness (QED) is 0.351. The molecule has 1 aliphatic rings. The van der Waals surface area contributed by atoms with Crippen LogP contribution in [0.4, 0.5) is 17.5 Å². The van der Waals surface area contributed by atoms with Crippen LogP contribution in [-0.4, -0.2) is 37.8 Å². The number of carbonyl (C=O) groups is 1. The van der Waals surface area contributed by atoms with Crippen molar-refractivity contribution in [1.82, 2.24) is 20.2 Å². The second-order valence-electron chi connectivity index (χ2n) is 8.28. The molecule has 2 aromatic heterocycles. The second-order valence-corrected chi connectivity index (χ2v) is 8.28. The number of aromatic nitrogens is 4. The third-order valence-corrected chi connectivity index (χ3v) is 5.57. The molecule has 10 nitrogen and oxygen atoms in total. The molecule has 0 bridgehead atoms. The molecule has 0 radical (unpaired) electrons. The average Bonchev–Trinajstić information content (AvgIpc) is 3.44. The second kappa shape index (κ2) is 8.56. The number of esters is 1. The van der Waals surface area contributed by atoms with Gasteiger partial charge in [0.1, 0.15) is 11.4 Å². The summed E-state index contributed by atoms with van der Waals surface area (Å²) in [5.41, 5.74) is 2.69. The van der Waals surface area contributed by atoms with E-state index in [1.54, 1.807) is 18.3 Å². The maximum absolute atomic E-state index is 12.1. The first-order chi connectivity index (χ1) is 16.4. The van der Waals surface area contributed by atoms with Crippen LogP contribution >= 0.6 is 0 Å². The summed E-state index contributed by atoms with van der Waals surface area (Å²) in [4.78, 5) is 21.1. The van der Waals surface area contributed by atoms with Gasteiger partial charge in [0.25, 0.3) is 5.89 Å². The van der Waals surface area contributed by atoms with Crippen molar-refractivity contribution in [2.45, 2.75) is 25.5 Å². The lowest BCUT2D eigenvalue weighted by atomic mass is 9.95. The third-order valence-electron chi connectivity index (χ3n) is 5.57. The third kappa shape index (κ3) is 4.06. The summed E-state index contributed by atoms with van der Waals surface area (Å²) in [6, 6.07) is 14.4. The molecule has 1 atom stereocenters. The smallest absolute Gasteiger partial charge is 0.339 e. The van der Waals surface area contributed by atoms with Gasteiger partial charge in [0.05, 0.1) is 23.8 Å². The van der Waals surface area contributed by atoms with Gasteiger partial charge in [0.2, 0.25) is 12.3 Å². The number of carbonyl (C=O) groups excluding carboxylic acids is 1. The fraction of sp³-hybridized carbons (Fsp3) is 0.208. The Morgan fingerprint density at radius 2 is 1.94 bits per heavy atom. The summed E-state index contributed by atoms with van der Waals surface area (Å²) in [5, 5.41) is 24.1. The molecular formula is C24H22N6O4. The zero-order valence-corrected chi connectivity index (χ0v) is 18.5. The Morgan fingerprint density at radius 1 is 1.12 bits per heavy atom. The summed E-state index contributed by atoms with van der Waals surface area (Å²) in [5.74, 6) is 0.617. The molecule has 0 saturated heterocycles. The first-order valence-electron chi connectivity index (χ1n) is 10.7. The van der Waals surface area contributed by atoms with Crippen LogP contribution in [0.1, 0.15) is 41.4 Å².